The molecule has 0 N–H and O–H groups in total. The molecule has 1 unspecified atom stereocenters. The maximum absolute atomic E-state index is 6.64. The van der Waals surface area contributed by atoms with E-state index < -0.39 is 5.41 Å². The van der Waals surface area contributed by atoms with Crippen molar-refractivity contribution in [1.82, 2.24) is 0 Å². The van der Waals surface area contributed by atoms with Crippen molar-refractivity contribution in [3.63, 3.8) is 0 Å². The minimum atomic E-state index is -0.393. The molecule has 1 spiro atoms. The third-order valence-electron chi connectivity index (χ3n) is 7.23. The number of rotatable bonds is 1. The Kier molecular flexibility index (Phi) is 4.07. The quantitative estimate of drug-likeness (QED) is 0.209. The van der Waals surface area contributed by atoms with Gasteiger partial charge < -0.3 is 0 Å². The molecule has 0 radical (unpaired) electrons. The average molecular weight is 506 g/mol. The van der Waals surface area contributed by atoms with Gasteiger partial charge in [0.1, 0.15) is 0 Å². The predicted octanol–water partition coefficient (Wildman–Crippen LogP) is 9.11. The van der Waals surface area contributed by atoms with Gasteiger partial charge in [0.15, 0.2) is 0 Å². The van der Waals surface area contributed by atoms with E-state index in [4.69, 9.17) is 11.6 Å². The SMILES string of the molecule is Clc1ccc2c(c1)C1(c3ccccc3-c3c(-c4ccccc4)cccc31)c1cccc(Br)c1-2. The first-order valence-corrected chi connectivity index (χ1v) is 12.3. The molecule has 5 aromatic rings. The molecule has 33 heavy (non-hydrogen) atoms. The second kappa shape index (κ2) is 6.93. The highest BCUT2D eigenvalue weighted by Crippen LogP contribution is 2.65. The van der Waals surface area contributed by atoms with Crippen LogP contribution in [0.1, 0.15) is 22.3 Å². The van der Waals surface area contributed by atoms with E-state index in [9.17, 15) is 0 Å². The molecular formula is C31H18BrCl. The zero-order valence-corrected chi connectivity index (χ0v) is 20.0. The molecule has 0 fully saturated rings. The van der Waals surface area contributed by atoms with Crippen LogP contribution in [0.4, 0.5) is 0 Å². The van der Waals surface area contributed by atoms with E-state index in [-0.39, 0.29) is 0 Å². The standard InChI is InChI=1S/C31H18BrCl/c32-28-15-7-14-26-30(28)23-17-16-20(33)18-27(23)31(26)24-12-5-4-10-22(24)29-21(11-6-13-25(29)31)19-8-2-1-3-9-19/h1-18H. The lowest BCUT2D eigenvalue weighted by atomic mass is 9.70. The summed E-state index contributed by atoms with van der Waals surface area (Å²) in [6.45, 7) is 0. The van der Waals surface area contributed by atoms with Gasteiger partial charge in [0.25, 0.3) is 0 Å². The van der Waals surface area contributed by atoms with Crippen molar-refractivity contribution >= 4 is 27.5 Å². The molecule has 7 rings (SSSR count). The number of fused-ring (bicyclic) bond motifs is 10. The topological polar surface area (TPSA) is 0 Å². The first kappa shape index (κ1) is 19.3. The van der Waals surface area contributed by atoms with Crippen LogP contribution in [-0.4, -0.2) is 0 Å². The van der Waals surface area contributed by atoms with E-state index in [0.29, 0.717) is 0 Å². The molecule has 2 aliphatic rings. The smallest absolute Gasteiger partial charge is 0.0726 e. The molecule has 2 aliphatic carbocycles. The molecule has 0 heterocycles. The normalized spacial score (nSPS) is 16.9. The first-order valence-electron chi connectivity index (χ1n) is 11.1. The van der Waals surface area contributed by atoms with Crippen LogP contribution >= 0.6 is 27.5 Å². The molecule has 2 heteroatoms. The fraction of sp³-hybridized carbons (Fsp3) is 0.0323. The van der Waals surface area contributed by atoms with E-state index >= 15 is 0 Å². The minimum absolute atomic E-state index is 0.393. The number of halogens is 2. The second-order valence-electron chi connectivity index (χ2n) is 8.74. The largest absolute Gasteiger partial charge is 0.0843 e. The van der Waals surface area contributed by atoms with E-state index in [1.165, 1.54) is 55.6 Å². The van der Waals surface area contributed by atoms with Gasteiger partial charge in [-0.3, -0.25) is 0 Å². The minimum Gasteiger partial charge on any atom is -0.0843 e. The molecule has 0 saturated heterocycles. The van der Waals surface area contributed by atoms with Gasteiger partial charge in [0, 0.05) is 15.1 Å². The summed E-state index contributed by atoms with van der Waals surface area (Å²) in [6.07, 6.45) is 0. The molecule has 5 aromatic carbocycles. The third kappa shape index (κ3) is 2.42. The van der Waals surface area contributed by atoms with Crippen molar-refractivity contribution in [3.05, 3.63) is 141 Å². The summed E-state index contributed by atoms with van der Waals surface area (Å²) in [6, 6.07) is 39.3. The van der Waals surface area contributed by atoms with Crippen LogP contribution in [0.15, 0.2) is 114 Å². The summed E-state index contributed by atoms with van der Waals surface area (Å²) >= 11 is 10.5. The predicted molar refractivity (Wildman–Crippen MR) is 141 cm³/mol. The monoisotopic (exact) mass is 504 g/mol. The Bertz CT molecular complexity index is 1580. The van der Waals surface area contributed by atoms with Crippen LogP contribution in [-0.2, 0) is 5.41 Å². The molecule has 0 aliphatic heterocycles. The Morgan fingerprint density at radius 2 is 1.15 bits per heavy atom. The van der Waals surface area contributed by atoms with Crippen LogP contribution in [0.25, 0.3) is 33.4 Å². The van der Waals surface area contributed by atoms with Crippen molar-refractivity contribution in [1.29, 1.82) is 0 Å². The molecule has 0 saturated carbocycles. The van der Waals surface area contributed by atoms with Crippen LogP contribution in [0.2, 0.25) is 5.02 Å². The summed E-state index contributed by atoms with van der Waals surface area (Å²) in [5.41, 5.74) is 12.4. The Balaban J connectivity index is 1.70. The zero-order chi connectivity index (χ0) is 22.2. The van der Waals surface area contributed by atoms with Gasteiger partial charge in [-0.25, -0.2) is 0 Å². The number of hydrogen-bond donors (Lipinski definition) is 0. The maximum Gasteiger partial charge on any atom is 0.0726 e. The summed E-state index contributed by atoms with van der Waals surface area (Å²) in [5.74, 6) is 0. The highest BCUT2D eigenvalue weighted by atomic mass is 79.9. The van der Waals surface area contributed by atoms with E-state index in [1.807, 2.05) is 6.07 Å². The van der Waals surface area contributed by atoms with Crippen LogP contribution in [0.3, 0.4) is 0 Å². The summed E-state index contributed by atoms with van der Waals surface area (Å²) in [4.78, 5) is 0. The zero-order valence-electron chi connectivity index (χ0n) is 17.6. The second-order valence-corrected chi connectivity index (χ2v) is 10.0. The Hall–Kier alpha value is -3.13. The van der Waals surface area contributed by atoms with Gasteiger partial charge in [-0.05, 0) is 68.3 Å². The molecule has 0 amide bonds. The van der Waals surface area contributed by atoms with Crippen molar-refractivity contribution in [2.24, 2.45) is 0 Å². The molecule has 0 bridgehead atoms. The molecule has 1 atom stereocenters. The summed E-state index contributed by atoms with van der Waals surface area (Å²) in [5, 5.41) is 0.766. The summed E-state index contributed by atoms with van der Waals surface area (Å²) in [7, 11) is 0. The molecule has 0 nitrogen and oxygen atoms in total. The molecule has 0 aromatic heterocycles. The molecule has 156 valence electrons. The van der Waals surface area contributed by atoms with Gasteiger partial charge in [0.05, 0.1) is 5.41 Å². The van der Waals surface area contributed by atoms with Gasteiger partial charge in [-0.1, -0.05) is 119 Å². The van der Waals surface area contributed by atoms with E-state index in [1.54, 1.807) is 0 Å². The van der Waals surface area contributed by atoms with Crippen LogP contribution in [0.5, 0.6) is 0 Å². The van der Waals surface area contributed by atoms with E-state index in [2.05, 4.69) is 119 Å². The average Bonchev–Trinajstić information content (AvgIpc) is 3.32. The van der Waals surface area contributed by atoms with Crippen molar-refractivity contribution in [2.45, 2.75) is 5.41 Å². The van der Waals surface area contributed by atoms with Crippen LogP contribution < -0.4 is 0 Å². The fourth-order valence-electron chi connectivity index (χ4n) is 6.07. The number of benzene rings is 5. The number of hydrogen-bond acceptors (Lipinski definition) is 0. The van der Waals surface area contributed by atoms with Gasteiger partial charge >= 0.3 is 0 Å². The lowest BCUT2D eigenvalue weighted by molar-refractivity contribution is 0.793. The van der Waals surface area contributed by atoms with Crippen molar-refractivity contribution in [2.75, 3.05) is 0 Å². The highest BCUT2D eigenvalue weighted by molar-refractivity contribution is 9.10. The first-order chi connectivity index (χ1) is 16.2. The van der Waals surface area contributed by atoms with Crippen molar-refractivity contribution in [3.8, 4) is 33.4 Å². The van der Waals surface area contributed by atoms with Crippen molar-refractivity contribution < 1.29 is 0 Å². The Morgan fingerprint density at radius 3 is 2.00 bits per heavy atom. The van der Waals surface area contributed by atoms with E-state index in [0.717, 1.165) is 9.50 Å². The van der Waals surface area contributed by atoms with Gasteiger partial charge in [0.2, 0.25) is 0 Å². The van der Waals surface area contributed by atoms with Gasteiger partial charge in [-0.15, -0.1) is 0 Å². The Morgan fingerprint density at radius 1 is 0.515 bits per heavy atom. The van der Waals surface area contributed by atoms with Crippen LogP contribution in [0, 0.1) is 0 Å². The van der Waals surface area contributed by atoms with Gasteiger partial charge in [-0.2, -0.15) is 0 Å². The third-order valence-corrected chi connectivity index (χ3v) is 8.12. The Labute approximate surface area is 206 Å². The summed E-state index contributed by atoms with van der Waals surface area (Å²) < 4.78 is 1.12. The highest BCUT2D eigenvalue weighted by Gasteiger charge is 2.52. The lowest BCUT2D eigenvalue weighted by Crippen LogP contribution is -2.25. The lowest BCUT2D eigenvalue weighted by Gasteiger charge is -2.30. The fourth-order valence-corrected chi connectivity index (χ4v) is 6.82. The molecular weight excluding hydrogens is 488 g/mol. The maximum atomic E-state index is 6.64.